The van der Waals surface area contributed by atoms with Crippen LogP contribution in [0.2, 0.25) is 0 Å². The molecule has 0 saturated heterocycles. The molecule has 2 heterocycles. The van der Waals surface area contributed by atoms with E-state index in [4.69, 9.17) is 0 Å². The number of hydrogen-bond donors (Lipinski definition) is 2. The number of rotatable bonds is 6. The van der Waals surface area contributed by atoms with E-state index in [1.165, 1.54) is 0 Å². The van der Waals surface area contributed by atoms with Crippen LogP contribution in [0, 0.1) is 0 Å². The summed E-state index contributed by atoms with van der Waals surface area (Å²) in [6.07, 6.45) is 3.70. The Balaban J connectivity index is 1.66. The fourth-order valence-electron chi connectivity index (χ4n) is 1.40. The van der Waals surface area contributed by atoms with Gasteiger partial charge < -0.3 is 10.6 Å². The van der Waals surface area contributed by atoms with Crippen LogP contribution in [0.25, 0.3) is 0 Å². The Hall–Kier alpha value is -1.47. The lowest BCUT2D eigenvalue weighted by Gasteiger charge is -2.05. The molecule has 0 atom stereocenters. The number of hydrogen-bond acceptors (Lipinski definition) is 5. The van der Waals surface area contributed by atoms with E-state index in [2.05, 4.69) is 36.5 Å². The van der Waals surface area contributed by atoms with E-state index in [1.807, 2.05) is 11.4 Å². The van der Waals surface area contributed by atoms with E-state index < -0.39 is 0 Å². The summed E-state index contributed by atoms with van der Waals surface area (Å²) >= 11 is 5.04. The third-order valence-corrected chi connectivity index (χ3v) is 4.26. The highest BCUT2D eigenvalue weighted by atomic mass is 79.9. The van der Waals surface area contributed by atoms with Gasteiger partial charge in [-0.3, -0.25) is 4.79 Å². The van der Waals surface area contributed by atoms with E-state index in [0.717, 1.165) is 9.35 Å². The summed E-state index contributed by atoms with van der Waals surface area (Å²) in [6.45, 7) is 1.07. The maximum absolute atomic E-state index is 11.6. The number of amides is 1. The molecule has 0 fully saturated rings. The summed E-state index contributed by atoms with van der Waals surface area (Å²) < 4.78 is 1.04. The van der Waals surface area contributed by atoms with Gasteiger partial charge in [0, 0.05) is 34.7 Å². The lowest BCUT2D eigenvalue weighted by atomic mass is 10.4. The number of carbonyl (C=O) groups excluding carboxylic acids is 1. The summed E-state index contributed by atoms with van der Waals surface area (Å²) in [6, 6.07) is 3.72. The largest absolute Gasteiger partial charge is 0.354 e. The minimum Gasteiger partial charge on any atom is -0.354 e. The molecule has 7 heteroatoms. The van der Waals surface area contributed by atoms with Crippen LogP contribution in [-0.4, -0.2) is 22.4 Å². The van der Waals surface area contributed by atoms with E-state index in [-0.39, 0.29) is 5.91 Å². The number of aromatic nitrogens is 2. The quantitative estimate of drug-likeness (QED) is 0.847. The predicted molar refractivity (Wildman–Crippen MR) is 79.0 cm³/mol. The Morgan fingerprint density at radius 3 is 2.84 bits per heavy atom. The van der Waals surface area contributed by atoms with E-state index >= 15 is 0 Å². The summed E-state index contributed by atoms with van der Waals surface area (Å²) in [7, 11) is 0. The van der Waals surface area contributed by atoms with Crippen molar-refractivity contribution in [2.75, 3.05) is 11.9 Å². The Labute approximate surface area is 123 Å². The molecule has 0 spiro atoms. The third kappa shape index (κ3) is 4.60. The van der Waals surface area contributed by atoms with Gasteiger partial charge in [-0.1, -0.05) is 0 Å². The Kier molecular flexibility index (Phi) is 5.29. The van der Waals surface area contributed by atoms with Crippen LogP contribution in [0.15, 0.2) is 34.4 Å². The van der Waals surface area contributed by atoms with Crippen molar-refractivity contribution in [1.29, 1.82) is 0 Å². The van der Waals surface area contributed by atoms with Gasteiger partial charge in [0.15, 0.2) is 0 Å². The molecule has 19 heavy (non-hydrogen) atoms. The van der Waals surface area contributed by atoms with Gasteiger partial charge in [-0.05, 0) is 33.4 Å². The first kappa shape index (κ1) is 14.0. The molecule has 2 aromatic rings. The van der Waals surface area contributed by atoms with E-state index in [0.29, 0.717) is 25.5 Å². The van der Waals surface area contributed by atoms with Gasteiger partial charge >= 0.3 is 0 Å². The van der Waals surface area contributed by atoms with Gasteiger partial charge in [0.05, 0.1) is 6.54 Å². The molecule has 0 radical (unpaired) electrons. The molecule has 2 aromatic heterocycles. The average molecular weight is 341 g/mol. The van der Waals surface area contributed by atoms with Crippen LogP contribution in [0.4, 0.5) is 5.95 Å². The van der Waals surface area contributed by atoms with Crippen LogP contribution >= 0.6 is 27.3 Å². The molecule has 0 aliphatic rings. The summed E-state index contributed by atoms with van der Waals surface area (Å²) in [5.41, 5.74) is 0. The van der Waals surface area contributed by atoms with Crippen LogP contribution in [0.3, 0.4) is 0 Å². The van der Waals surface area contributed by atoms with E-state index in [1.54, 1.807) is 29.8 Å². The SMILES string of the molecule is O=C(CCNc1ncccn1)NCc1sccc1Br. The number of thiophene rings is 1. The molecule has 2 rings (SSSR count). The maximum atomic E-state index is 11.6. The van der Waals surface area contributed by atoms with Gasteiger partial charge in [0.2, 0.25) is 11.9 Å². The first-order chi connectivity index (χ1) is 9.25. The molecule has 0 unspecified atom stereocenters. The molecule has 2 N–H and O–H groups in total. The molecule has 1 amide bonds. The molecule has 100 valence electrons. The zero-order chi connectivity index (χ0) is 13.5. The van der Waals surface area contributed by atoms with Crippen LogP contribution < -0.4 is 10.6 Å². The molecular formula is C12H13BrN4OS. The van der Waals surface area contributed by atoms with Gasteiger partial charge in [-0.25, -0.2) is 9.97 Å². The van der Waals surface area contributed by atoms with Crippen LogP contribution in [0.1, 0.15) is 11.3 Å². The standard InChI is InChI=1S/C12H13BrN4OS/c13-9-3-7-19-10(9)8-17-11(18)2-6-16-12-14-4-1-5-15-12/h1,3-5,7H,2,6,8H2,(H,17,18)(H,14,15,16). The van der Waals surface area contributed by atoms with Crippen LogP contribution in [-0.2, 0) is 11.3 Å². The number of nitrogens with zero attached hydrogens (tertiary/aromatic N) is 2. The predicted octanol–water partition coefficient (Wildman–Crippen LogP) is 2.42. The van der Waals surface area contributed by atoms with Crippen molar-refractivity contribution in [3.05, 3.63) is 39.3 Å². The molecule has 0 bridgehead atoms. The highest BCUT2D eigenvalue weighted by molar-refractivity contribution is 9.10. The highest BCUT2D eigenvalue weighted by Crippen LogP contribution is 2.22. The first-order valence-corrected chi connectivity index (χ1v) is 7.42. The monoisotopic (exact) mass is 340 g/mol. The second-order valence-corrected chi connectivity index (χ2v) is 5.57. The minimum atomic E-state index is 0.00345. The molecule has 0 aromatic carbocycles. The van der Waals surface area contributed by atoms with Crippen molar-refractivity contribution in [3.8, 4) is 0 Å². The van der Waals surface area contributed by atoms with Crippen molar-refractivity contribution >= 4 is 39.1 Å². The van der Waals surface area contributed by atoms with Crippen molar-refractivity contribution in [3.63, 3.8) is 0 Å². The average Bonchev–Trinajstić information content (AvgIpc) is 2.83. The Morgan fingerprint density at radius 1 is 1.37 bits per heavy atom. The molecule has 5 nitrogen and oxygen atoms in total. The summed E-state index contributed by atoms with van der Waals surface area (Å²) in [5.74, 6) is 0.542. The fourth-order valence-corrected chi connectivity index (χ4v) is 2.83. The summed E-state index contributed by atoms with van der Waals surface area (Å²) in [5, 5.41) is 7.85. The minimum absolute atomic E-state index is 0.00345. The first-order valence-electron chi connectivity index (χ1n) is 5.75. The maximum Gasteiger partial charge on any atom is 0.222 e. The Morgan fingerprint density at radius 2 is 2.16 bits per heavy atom. The smallest absolute Gasteiger partial charge is 0.222 e. The van der Waals surface area contributed by atoms with Crippen molar-refractivity contribution in [2.45, 2.75) is 13.0 Å². The lowest BCUT2D eigenvalue weighted by molar-refractivity contribution is -0.120. The zero-order valence-corrected chi connectivity index (χ0v) is 12.5. The second kappa shape index (κ2) is 7.20. The number of halogens is 1. The molecule has 0 aliphatic heterocycles. The van der Waals surface area contributed by atoms with E-state index in [9.17, 15) is 4.79 Å². The van der Waals surface area contributed by atoms with Crippen molar-refractivity contribution in [1.82, 2.24) is 15.3 Å². The normalized spacial score (nSPS) is 10.2. The lowest BCUT2D eigenvalue weighted by Crippen LogP contribution is -2.24. The van der Waals surface area contributed by atoms with Crippen LogP contribution in [0.5, 0.6) is 0 Å². The molecular weight excluding hydrogens is 328 g/mol. The summed E-state index contributed by atoms with van der Waals surface area (Å²) in [4.78, 5) is 20.8. The number of nitrogens with one attached hydrogen (secondary N) is 2. The van der Waals surface area contributed by atoms with Crippen molar-refractivity contribution in [2.24, 2.45) is 0 Å². The second-order valence-electron chi connectivity index (χ2n) is 3.72. The van der Waals surface area contributed by atoms with Gasteiger partial charge in [-0.2, -0.15) is 0 Å². The van der Waals surface area contributed by atoms with Crippen molar-refractivity contribution < 1.29 is 4.79 Å². The third-order valence-electron chi connectivity index (χ3n) is 2.34. The van der Waals surface area contributed by atoms with Gasteiger partial charge in [-0.15, -0.1) is 11.3 Å². The Bertz CT molecular complexity index is 532. The molecule has 0 aliphatic carbocycles. The van der Waals surface area contributed by atoms with Gasteiger partial charge in [0.25, 0.3) is 0 Å². The highest BCUT2D eigenvalue weighted by Gasteiger charge is 2.05. The van der Waals surface area contributed by atoms with Gasteiger partial charge in [0.1, 0.15) is 0 Å². The zero-order valence-electron chi connectivity index (χ0n) is 10.1. The topological polar surface area (TPSA) is 66.9 Å². The number of anilines is 1. The molecule has 0 saturated carbocycles. The number of carbonyl (C=O) groups is 1. The fraction of sp³-hybridized carbons (Fsp3) is 0.250.